The van der Waals surface area contributed by atoms with E-state index in [4.69, 9.17) is 0 Å². The lowest BCUT2D eigenvalue weighted by atomic mass is 10.0. The second-order valence-electron chi connectivity index (χ2n) is 9.03. The largest absolute Gasteiger partial charge is 0.328 e. The summed E-state index contributed by atoms with van der Waals surface area (Å²) in [5.74, 6) is -0.438. The zero-order valence-electron chi connectivity index (χ0n) is 17.7. The molecule has 1 N–H and O–H groups in total. The topological polar surface area (TPSA) is 58.1 Å². The molecule has 1 saturated heterocycles. The van der Waals surface area contributed by atoms with Crippen LogP contribution in [0.4, 0.5) is 4.39 Å². The van der Waals surface area contributed by atoms with Gasteiger partial charge in [-0.3, -0.25) is 18.9 Å². The SMILES string of the molecule is O=c1[nH]sc2c1c(=O)c1cc(F)c(-c3ccc(CN4CCCCC4)cc3)cc1n2C1CC1. The molecule has 4 aromatic rings. The fourth-order valence-corrected chi connectivity index (χ4v) is 5.86. The molecule has 1 aliphatic heterocycles. The zero-order chi connectivity index (χ0) is 21.8. The number of fused-ring (bicyclic) bond motifs is 2. The third-order valence-corrected chi connectivity index (χ3v) is 7.63. The van der Waals surface area contributed by atoms with Crippen LogP contribution in [0.2, 0.25) is 0 Å². The van der Waals surface area contributed by atoms with Gasteiger partial charge >= 0.3 is 0 Å². The molecule has 0 spiro atoms. The molecular weight excluding hydrogens is 425 g/mol. The Morgan fingerprint density at radius 1 is 1.03 bits per heavy atom. The number of rotatable bonds is 4. The van der Waals surface area contributed by atoms with Gasteiger partial charge < -0.3 is 4.57 Å². The highest BCUT2D eigenvalue weighted by Gasteiger charge is 2.29. The van der Waals surface area contributed by atoms with Gasteiger partial charge in [-0.05, 0) is 73.6 Å². The Morgan fingerprint density at radius 2 is 1.78 bits per heavy atom. The summed E-state index contributed by atoms with van der Waals surface area (Å²) in [5.41, 5.74) is 2.43. The Hall–Kier alpha value is -2.77. The average molecular weight is 450 g/mol. The third kappa shape index (κ3) is 3.31. The first-order valence-electron chi connectivity index (χ1n) is 11.3. The number of likely N-dealkylation sites (tertiary alicyclic amines) is 1. The summed E-state index contributed by atoms with van der Waals surface area (Å²) >= 11 is 1.19. The number of halogens is 1. The number of piperidine rings is 1. The van der Waals surface area contributed by atoms with Crippen LogP contribution in [0.5, 0.6) is 0 Å². The van der Waals surface area contributed by atoms with Crippen LogP contribution in [0.1, 0.15) is 43.7 Å². The maximum Gasteiger partial charge on any atom is 0.271 e. The van der Waals surface area contributed by atoms with Gasteiger partial charge in [0.15, 0.2) is 0 Å². The highest BCUT2D eigenvalue weighted by atomic mass is 32.1. The first kappa shape index (κ1) is 19.9. The molecule has 0 amide bonds. The Bertz CT molecular complexity index is 1440. The van der Waals surface area contributed by atoms with E-state index in [-0.39, 0.29) is 22.4 Å². The minimum Gasteiger partial charge on any atom is -0.328 e. The smallest absolute Gasteiger partial charge is 0.271 e. The highest BCUT2D eigenvalue weighted by molar-refractivity contribution is 7.12. The van der Waals surface area contributed by atoms with Crippen molar-refractivity contribution in [1.82, 2.24) is 13.8 Å². The molecule has 32 heavy (non-hydrogen) atoms. The molecule has 1 saturated carbocycles. The normalized spacial score (nSPS) is 17.4. The Labute approximate surface area is 188 Å². The van der Waals surface area contributed by atoms with Crippen molar-refractivity contribution in [3.05, 3.63) is 68.4 Å². The van der Waals surface area contributed by atoms with Crippen molar-refractivity contribution in [2.45, 2.75) is 44.7 Å². The fraction of sp³-hybridized carbons (Fsp3) is 0.360. The van der Waals surface area contributed by atoms with Crippen molar-refractivity contribution in [3.8, 4) is 11.1 Å². The second kappa shape index (κ2) is 7.67. The number of benzene rings is 2. The highest BCUT2D eigenvalue weighted by Crippen LogP contribution is 2.40. The number of nitrogens with zero attached hydrogens (tertiary/aromatic N) is 2. The summed E-state index contributed by atoms with van der Waals surface area (Å²) < 4.78 is 19.9. The summed E-state index contributed by atoms with van der Waals surface area (Å²) in [6.45, 7) is 3.20. The molecule has 0 bridgehead atoms. The van der Waals surface area contributed by atoms with Gasteiger partial charge in [0.2, 0.25) is 5.43 Å². The van der Waals surface area contributed by atoms with Crippen LogP contribution in [0.3, 0.4) is 0 Å². The van der Waals surface area contributed by atoms with Crippen LogP contribution in [0.15, 0.2) is 46.0 Å². The van der Waals surface area contributed by atoms with E-state index in [0.717, 1.165) is 38.0 Å². The maximum absolute atomic E-state index is 15.2. The Morgan fingerprint density at radius 3 is 2.50 bits per heavy atom. The molecule has 1 aliphatic carbocycles. The predicted molar refractivity (Wildman–Crippen MR) is 127 cm³/mol. The molecule has 0 radical (unpaired) electrons. The molecule has 2 aliphatic rings. The summed E-state index contributed by atoms with van der Waals surface area (Å²) in [5, 5.41) is 0.417. The second-order valence-corrected chi connectivity index (χ2v) is 9.82. The summed E-state index contributed by atoms with van der Waals surface area (Å²) in [7, 11) is 0. The molecule has 0 atom stereocenters. The zero-order valence-corrected chi connectivity index (χ0v) is 18.5. The summed E-state index contributed by atoms with van der Waals surface area (Å²) in [4.78, 5) is 28.4. The molecule has 7 heteroatoms. The average Bonchev–Trinajstić information content (AvgIpc) is 3.57. The van der Waals surface area contributed by atoms with Crippen molar-refractivity contribution in [2.24, 2.45) is 0 Å². The molecule has 6 rings (SSSR count). The van der Waals surface area contributed by atoms with Gasteiger partial charge in [0.1, 0.15) is 16.0 Å². The third-order valence-electron chi connectivity index (χ3n) is 6.75. The van der Waals surface area contributed by atoms with Crippen LogP contribution in [0.25, 0.3) is 32.2 Å². The lowest BCUT2D eigenvalue weighted by Crippen LogP contribution is -2.28. The van der Waals surface area contributed by atoms with Crippen LogP contribution in [-0.4, -0.2) is 26.9 Å². The van der Waals surface area contributed by atoms with E-state index in [1.54, 1.807) is 6.07 Å². The molecule has 2 aromatic carbocycles. The van der Waals surface area contributed by atoms with Gasteiger partial charge in [0, 0.05) is 23.5 Å². The van der Waals surface area contributed by atoms with Crippen LogP contribution < -0.4 is 11.0 Å². The van der Waals surface area contributed by atoms with E-state index in [0.29, 0.717) is 15.9 Å². The summed E-state index contributed by atoms with van der Waals surface area (Å²) in [6, 6.07) is 11.4. The van der Waals surface area contributed by atoms with Gasteiger partial charge in [-0.15, -0.1) is 0 Å². The van der Waals surface area contributed by atoms with E-state index in [1.165, 1.54) is 42.4 Å². The lowest BCUT2D eigenvalue weighted by molar-refractivity contribution is 0.221. The van der Waals surface area contributed by atoms with Gasteiger partial charge in [0.25, 0.3) is 5.56 Å². The van der Waals surface area contributed by atoms with Crippen LogP contribution in [-0.2, 0) is 6.54 Å². The predicted octanol–water partition coefficient (Wildman–Crippen LogP) is 5.03. The molecule has 2 aromatic heterocycles. The van der Waals surface area contributed by atoms with E-state index in [9.17, 15) is 9.59 Å². The lowest BCUT2D eigenvalue weighted by Gasteiger charge is -2.26. The number of aromatic amines is 1. The van der Waals surface area contributed by atoms with Crippen LogP contribution in [0, 0.1) is 5.82 Å². The monoisotopic (exact) mass is 449 g/mol. The van der Waals surface area contributed by atoms with Crippen molar-refractivity contribution in [3.63, 3.8) is 0 Å². The maximum atomic E-state index is 15.2. The number of nitrogens with one attached hydrogen (secondary N) is 1. The van der Waals surface area contributed by atoms with Crippen LogP contribution >= 0.6 is 11.5 Å². The number of aromatic nitrogens is 2. The Balaban J connectivity index is 1.45. The molecule has 0 unspecified atom stereocenters. The van der Waals surface area contributed by atoms with Crippen molar-refractivity contribution >= 4 is 32.7 Å². The van der Waals surface area contributed by atoms with E-state index in [2.05, 4.69) is 26.0 Å². The van der Waals surface area contributed by atoms with Crippen molar-refractivity contribution in [2.75, 3.05) is 13.1 Å². The molecule has 164 valence electrons. The number of hydrogen-bond donors (Lipinski definition) is 1. The van der Waals surface area contributed by atoms with Crippen molar-refractivity contribution < 1.29 is 4.39 Å². The fourth-order valence-electron chi connectivity index (χ4n) is 4.93. The molecule has 2 fully saturated rings. The quantitative estimate of drug-likeness (QED) is 0.475. The minimum absolute atomic E-state index is 0.142. The standard InChI is InChI=1S/C25H24FN3O2S/c26-20-12-19-21(29(17-8-9-17)25-22(23(19)30)24(31)27-32-25)13-18(20)16-6-4-15(5-7-16)14-28-10-2-1-3-11-28/h4-7,12-13,17H,1-3,8-11,14H2,(H,27,31). The molecular formula is C25H24FN3O2S. The molecule has 5 nitrogen and oxygen atoms in total. The van der Waals surface area contributed by atoms with Crippen molar-refractivity contribution in [1.29, 1.82) is 0 Å². The van der Waals surface area contributed by atoms with Gasteiger partial charge in [-0.2, -0.15) is 0 Å². The van der Waals surface area contributed by atoms with E-state index >= 15 is 4.39 Å². The van der Waals surface area contributed by atoms with Gasteiger partial charge in [-0.1, -0.05) is 30.7 Å². The summed E-state index contributed by atoms with van der Waals surface area (Å²) in [6.07, 6.45) is 5.82. The number of pyridine rings is 1. The van der Waals surface area contributed by atoms with Gasteiger partial charge in [0.05, 0.1) is 5.52 Å². The number of H-pyrrole nitrogens is 1. The minimum atomic E-state index is -0.438. The first-order valence-corrected chi connectivity index (χ1v) is 12.1. The van der Waals surface area contributed by atoms with E-state index < -0.39 is 11.2 Å². The first-order chi connectivity index (χ1) is 15.6. The van der Waals surface area contributed by atoms with E-state index in [1.807, 2.05) is 12.1 Å². The number of hydrogen-bond acceptors (Lipinski definition) is 4. The van der Waals surface area contributed by atoms with Gasteiger partial charge in [-0.25, -0.2) is 4.39 Å². The Kier molecular flexibility index (Phi) is 4.77. The molecule has 3 heterocycles.